The van der Waals surface area contributed by atoms with Crippen LogP contribution >= 0.6 is 0 Å². The van der Waals surface area contributed by atoms with Crippen LogP contribution in [0.15, 0.2) is 125 Å². The average Bonchev–Trinajstić information content (AvgIpc) is 1.85. The predicted octanol–water partition coefficient (Wildman–Crippen LogP) is 11.8. The number of aliphatic hydroxyl groups is 2. The second kappa shape index (κ2) is 32.5. The van der Waals surface area contributed by atoms with Crippen LogP contribution in [-0.2, 0) is 62.4 Å². The third-order valence-electron chi connectivity index (χ3n) is 18.0. The fourth-order valence-corrected chi connectivity index (χ4v) is 15.9. The monoisotopic (exact) mass is 1260 g/mol. The lowest BCUT2D eigenvalue weighted by atomic mass is 9.82. The number of rotatable bonds is 26. The van der Waals surface area contributed by atoms with Gasteiger partial charge in [-0.2, -0.15) is 0 Å². The summed E-state index contributed by atoms with van der Waals surface area (Å²) in [4.78, 5) is 37.4. The van der Waals surface area contributed by atoms with Crippen LogP contribution < -0.4 is 0 Å². The van der Waals surface area contributed by atoms with E-state index in [1.807, 2.05) is 67.5 Å². The second-order valence-electron chi connectivity index (χ2n) is 27.5. The minimum absolute atomic E-state index is 0.00734. The van der Waals surface area contributed by atoms with Gasteiger partial charge in [0.2, 0.25) is 0 Å². The Morgan fingerprint density at radius 2 is 0.966 bits per heavy atom. The van der Waals surface area contributed by atoms with E-state index in [1.54, 1.807) is 78.9 Å². The van der Waals surface area contributed by atoms with Crippen molar-refractivity contribution >= 4 is 37.6 Å². The summed E-state index contributed by atoms with van der Waals surface area (Å²) < 4.78 is 96.7. The fraction of sp³-hybridized carbons (Fsp3) is 0.643. The first-order chi connectivity index (χ1) is 41.4. The molecule has 490 valence electrons. The molecule has 16 atom stereocenters. The third-order valence-corrected chi connectivity index (χ3v) is 21.7. The fourth-order valence-electron chi connectivity index (χ4n) is 12.4. The van der Waals surface area contributed by atoms with Crippen molar-refractivity contribution < 1.29 is 74.6 Å². The van der Waals surface area contributed by atoms with Gasteiger partial charge in [-0.15, -0.1) is 0 Å². The lowest BCUT2D eigenvalue weighted by Gasteiger charge is -2.38. The SMILES string of the molecule is C=C1[C@H](C)C[C@H](CCCOC(=O)C(C)(C)C)O[C@@H]1CC1O[C@H](C[C@H](C)COC(=O)c2ccccc2)[C@H](C)[C@H]1CS(=O)(=O)c1ccccc1.C=C1[C@H](C)C[C@H](CCCOC(=O)C(C)(C)C)O[C@@H]1CC1O[C@H](C[C@H](O)CO)[C@H](C)[C@H]1CS(=O)(=O)c1ccccc1. The summed E-state index contributed by atoms with van der Waals surface area (Å²) in [6, 6.07) is 25.9. The standard InChI is InChI=1S/C39H54O8S.C31H48O8S/c1-26(24-45-37(40)30-15-10-8-11-16-30)21-34-29(4)33(25-48(42,43)32-18-12-9-13-19-32)36(47-34)23-35-28(3)27(2)22-31(46-35)17-14-20-44-38(41)39(5,6)7;1-20-15-24(11-10-14-37-30(34)31(4,5)6)38-28(21(20)2)17-29-26(22(3)27(39-29)16-23(33)18-32)19-40(35,36)25-12-8-7-9-13-25/h8-13,15-16,18-19,26-27,29,31,33-36H,3,14,17,20-25H2,1-2,4-7H3;7-9,12-13,20,22-24,26-29,32-33H,2,10-11,14-19H2,1,3-6H3/t26-,27+,29+,31-,33+,34+,35+,36?;20-,22-,23+,24+,26-,27-,28-,29?/m01/s1. The first kappa shape index (κ1) is 72.3. The van der Waals surface area contributed by atoms with Crippen LogP contribution in [0.3, 0.4) is 0 Å². The number of carbonyl (C=O) groups is 3. The Balaban J connectivity index is 0.000000286. The molecule has 16 nitrogen and oxygen atoms in total. The number of esters is 3. The molecule has 88 heavy (non-hydrogen) atoms. The molecule has 4 saturated heterocycles. The van der Waals surface area contributed by atoms with Crippen molar-refractivity contribution in [2.45, 2.75) is 205 Å². The van der Waals surface area contributed by atoms with Crippen molar-refractivity contribution in [3.05, 3.63) is 121 Å². The van der Waals surface area contributed by atoms with Crippen LogP contribution in [0.1, 0.15) is 151 Å². The summed E-state index contributed by atoms with van der Waals surface area (Å²) in [5, 5.41) is 19.5. The Labute approximate surface area is 525 Å². The highest BCUT2D eigenvalue weighted by atomic mass is 32.2. The normalized spacial score (nSPS) is 28.5. The molecule has 4 aliphatic heterocycles. The quantitative estimate of drug-likeness (QED) is 0.0330. The molecule has 2 unspecified atom stereocenters. The highest BCUT2D eigenvalue weighted by molar-refractivity contribution is 7.91. The number of ether oxygens (including phenoxy) is 7. The van der Waals surface area contributed by atoms with Gasteiger partial charge in [0.25, 0.3) is 0 Å². The number of hydrogen-bond donors (Lipinski definition) is 2. The topological polar surface area (TPSA) is 225 Å². The molecule has 0 saturated carbocycles. The van der Waals surface area contributed by atoms with Gasteiger partial charge in [0.1, 0.15) is 0 Å². The van der Waals surface area contributed by atoms with Crippen LogP contribution in [0.25, 0.3) is 0 Å². The van der Waals surface area contributed by atoms with Gasteiger partial charge in [-0.25, -0.2) is 21.6 Å². The molecular formula is C70H102O16S2. The molecule has 0 aliphatic carbocycles. The molecule has 0 bridgehead atoms. The maximum Gasteiger partial charge on any atom is 0.338 e. The van der Waals surface area contributed by atoms with Gasteiger partial charge in [-0.05, 0) is 164 Å². The minimum Gasteiger partial charge on any atom is -0.465 e. The van der Waals surface area contributed by atoms with Crippen LogP contribution in [0.2, 0.25) is 0 Å². The minimum atomic E-state index is -3.58. The first-order valence-electron chi connectivity index (χ1n) is 31.8. The smallest absolute Gasteiger partial charge is 0.338 e. The molecule has 2 N–H and O–H groups in total. The first-order valence-corrected chi connectivity index (χ1v) is 35.1. The molecule has 0 amide bonds. The largest absolute Gasteiger partial charge is 0.465 e. The number of hydrogen-bond acceptors (Lipinski definition) is 16. The van der Waals surface area contributed by atoms with E-state index in [0.717, 1.165) is 36.8 Å². The summed E-state index contributed by atoms with van der Waals surface area (Å²) in [5.74, 6) is -1.23. The maximum absolute atomic E-state index is 13.6. The van der Waals surface area contributed by atoms with Gasteiger partial charge in [0, 0.05) is 31.1 Å². The van der Waals surface area contributed by atoms with Gasteiger partial charge < -0.3 is 43.4 Å². The Hall–Kier alpha value is -4.79. The van der Waals surface area contributed by atoms with E-state index in [0.29, 0.717) is 55.8 Å². The van der Waals surface area contributed by atoms with Gasteiger partial charge in [0.05, 0.1) is 119 Å². The summed E-state index contributed by atoms with van der Waals surface area (Å²) in [6.45, 7) is 30.6. The van der Waals surface area contributed by atoms with Gasteiger partial charge >= 0.3 is 17.9 Å². The Morgan fingerprint density at radius 3 is 1.35 bits per heavy atom. The van der Waals surface area contributed by atoms with Crippen LogP contribution in [0.5, 0.6) is 0 Å². The average molecular weight is 1260 g/mol. The lowest BCUT2D eigenvalue weighted by Crippen LogP contribution is -2.38. The zero-order valence-electron chi connectivity index (χ0n) is 54.1. The van der Waals surface area contributed by atoms with Crippen LogP contribution in [0, 0.1) is 52.3 Å². The molecule has 0 spiro atoms. The zero-order chi connectivity index (χ0) is 64.7. The van der Waals surface area contributed by atoms with Crippen molar-refractivity contribution in [2.24, 2.45) is 52.3 Å². The van der Waals surface area contributed by atoms with Crippen molar-refractivity contribution in [3.8, 4) is 0 Å². The molecular weight excluding hydrogens is 1160 g/mol. The van der Waals surface area contributed by atoms with E-state index < -0.39 is 42.7 Å². The number of aliphatic hydroxyl groups excluding tert-OH is 2. The predicted molar refractivity (Wildman–Crippen MR) is 340 cm³/mol. The van der Waals surface area contributed by atoms with Crippen LogP contribution in [0.4, 0.5) is 0 Å². The summed E-state index contributed by atoms with van der Waals surface area (Å²) in [6.07, 6.45) is 3.42. The van der Waals surface area contributed by atoms with E-state index in [2.05, 4.69) is 33.9 Å². The number of benzene rings is 3. The molecule has 0 radical (unpaired) electrons. The molecule has 4 heterocycles. The van der Waals surface area contributed by atoms with E-state index in [9.17, 15) is 41.4 Å². The lowest BCUT2D eigenvalue weighted by molar-refractivity contribution is -0.154. The van der Waals surface area contributed by atoms with Crippen molar-refractivity contribution in [1.29, 1.82) is 0 Å². The third kappa shape index (κ3) is 20.9. The molecule has 0 aromatic heterocycles. The highest BCUT2D eigenvalue weighted by Crippen LogP contribution is 2.44. The van der Waals surface area contributed by atoms with Crippen molar-refractivity contribution in [1.82, 2.24) is 0 Å². The number of sulfone groups is 2. The second-order valence-corrected chi connectivity index (χ2v) is 31.6. The Kier molecular flexibility index (Phi) is 26.7. The van der Waals surface area contributed by atoms with E-state index in [4.69, 9.17) is 33.2 Å². The van der Waals surface area contributed by atoms with E-state index in [-0.39, 0.29) is 138 Å². The van der Waals surface area contributed by atoms with Gasteiger partial charge in [-0.1, -0.05) is 102 Å². The molecule has 4 aliphatic rings. The molecule has 4 fully saturated rings. The summed E-state index contributed by atoms with van der Waals surface area (Å²) in [7, 11) is -7.15. The van der Waals surface area contributed by atoms with Crippen molar-refractivity contribution in [3.63, 3.8) is 0 Å². The summed E-state index contributed by atoms with van der Waals surface area (Å²) in [5.41, 5.74) is 1.40. The van der Waals surface area contributed by atoms with Crippen LogP contribution in [-0.4, -0.2) is 138 Å². The highest BCUT2D eigenvalue weighted by Gasteiger charge is 2.48. The Bertz CT molecular complexity index is 2940. The molecule has 3 aromatic rings. The number of carbonyl (C=O) groups excluding carboxylic acids is 3. The zero-order valence-corrected chi connectivity index (χ0v) is 55.7. The van der Waals surface area contributed by atoms with E-state index in [1.165, 1.54) is 0 Å². The Morgan fingerprint density at radius 1 is 0.580 bits per heavy atom. The van der Waals surface area contributed by atoms with Crippen molar-refractivity contribution in [2.75, 3.05) is 37.9 Å². The maximum atomic E-state index is 13.6. The van der Waals surface area contributed by atoms with E-state index >= 15 is 0 Å². The molecule has 18 heteroatoms. The summed E-state index contributed by atoms with van der Waals surface area (Å²) >= 11 is 0. The van der Waals surface area contributed by atoms with Gasteiger partial charge in [-0.3, -0.25) is 9.59 Å². The molecule has 3 aromatic carbocycles. The van der Waals surface area contributed by atoms with Gasteiger partial charge in [0.15, 0.2) is 19.7 Å². The molecule has 7 rings (SSSR count).